The van der Waals surface area contributed by atoms with Crippen molar-refractivity contribution in [1.82, 2.24) is 10.6 Å². The summed E-state index contributed by atoms with van der Waals surface area (Å²) in [7, 11) is -2.96. The van der Waals surface area contributed by atoms with E-state index >= 15 is 0 Å². The molecule has 228 valence electrons. The average molecular weight is 632 g/mol. The second kappa shape index (κ2) is 12.1. The number of alkyl carbamates (subject to hydrolysis) is 1. The molecule has 0 spiro atoms. The first kappa shape index (κ1) is 31.6. The molecule has 0 radical (unpaired) electrons. The highest BCUT2D eigenvalue weighted by Crippen LogP contribution is 2.52. The van der Waals surface area contributed by atoms with E-state index in [2.05, 4.69) is 20.7 Å². The van der Waals surface area contributed by atoms with Crippen LogP contribution in [0.15, 0.2) is 35.2 Å². The maximum Gasteiger partial charge on any atom is 0.407 e. The van der Waals surface area contributed by atoms with E-state index in [1.807, 2.05) is 0 Å². The summed E-state index contributed by atoms with van der Waals surface area (Å²) < 4.78 is 72.3. The van der Waals surface area contributed by atoms with Crippen LogP contribution in [0, 0.1) is 29.3 Å². The lowest BCUT2D eigenvalue weighted by Gasteiger charge is -2.42. The lowest BCUT2D eigenvalue weighted by atomic mass is 9.74. The van der Waals surface area contributed by atoms with Gasteiger partial charge in [-0.2, -0.15) is 0 Å². The first-order valence-corrected chi connectivity index (χ1v) is 14.9. The number of aliphatic hydroxyl groups is 1. The molecule has 15 heteroatoms. The summed E-state index contributed by atoms with van der Waals surface area (Å²) in [6.45, 7) is 1.31. The summed E-state index contributed by atoms with van der Waals surface area (Å²) >= 11 is 6.24. The Bertz CT molecular complexity index is 1490. The Morgan fingerprint density at radius 2 is 1.69 bits per heavy atom. The van der Waals surface area contributed by atoms with Gasteiger partial charge in [0.15, 0.2) is 27.3 Å². The summed E-state index contributed by atoms with van der Waals surface area (Å²) in [5, 5.41) is 17.5. The summed E-state index contributed by atoms with van der Waals surface area (Å²) in [6.07, 6.45) is 0.407. The van der Waals surface area contributed by atoms with Gasteiger partial charge in [0.05, 0.1) is 27.9 Å². The largest absolute Gasteiger partial charge is 0.453 e. The third-order valence-electron chi connectivity index (χ3n) is 8.01. The van der Waals surface area contributed by atoms with Crippen molar-refractivity contribution in [3.63, 3.8) is 0 Å². The number of sulfone groups is 1. The monoisotopic (exact) mass is 631 g/mol. The van der Waals surface area contributed by atoms with Gasteiger partial charge in [0.25, 0.3) is 5.91 Å². The number of benzene rings is 2. The lowest BCUT2D eigenvalue weighted by molar-refractivity contribution is -0.125. The van der Waals surface area contributed by atoms with E-state index in [0.29, 0.717) is 25.0 Å². The molecule has 0 saturated heterocycles. The molecule has 10 nitrogen and oxygen atoms in total. The van der Waals surface area contributed by atoms with E-state index < -0.39 is 73.9 Å². The first-order valence-electron chi connectivity index (χ1n) is 13.0. The molecular weight excluding hydrogens is 603 g/mol. The Balaban J connectivity index is 1.48. The van der Waals surface area contributed by atoms with E-state index in [-0.39, 0.29) is 40.6 Å². The molecule has 0 heterocycles. The van der Waals surface area contributed by atoms with Crippen LogP contribution in [0.3, 0.4) is 0 Å². The number of hydrogen-bond acceptors (Lipinski definition) is 7. The Kier molecular flexibility index (Phi) is 9.09. The molecule has 2 fully saturated rings. The number of carbonyl (C=O) groups excluding carboxylic acids is 3. The fraction of sp³-hybridized carbons (Fsp3) is 0.444. The van der Waals surface area contributed by atoms with Crippen molar-refractivity contribution in [1.29, 1.82) is 0 Å². The maximum atomic E-state index is 13.7. The minimum absolute atomic E-state index is 0.0715. The second-order valence-electron chi connectivity index (χ2n) is 10.5. The zero-order valence-corrected chi connectivity index (χ0v) is 24.1. The molecule has 1 unspecified atom stereocenters. The summed E-state index contributed by atoms with van der Waals surface area (Å²) in [5.41, 5.74) is -1.91. The Hall–Kier alpha value is -3.36. The van der Waals surface area contributed by atoms with E-state index in [4.69, 9.17) is 11.6 Å². The molecule has 0 aromatic heterocycles. The van der Waals surface area contributed by atoms with Gasteiger partial charge < -0.3 is 25.8 Å². The molecule has 0 aliphatic heterocycles. The smallest absolute Gasteiger partial charge is 0.407 e. The number of amides is 3. The highest BCUT2D eigenvalue weighted by Gasteiger charge is 2.55. The highest BCUT2D eigenvalue weighted by atomic mass is 35.5. The minimum atomic E-state index is -4.12. The summed E-state index contributed by atoms with van der Waals surface area (Å²) in [5.74, 6) is -7.10. The van der Waals surface area contributed by atoms with Gasteiger partial charge >= 0.3 is 6.09 Å². The van der Waals surface area contributed by atoms with Crippen molar-refractivity contribution in [2.24, 2.45) is 11.8 Å². The SMILES string of the molecule is COC(=O)N[C@@H](C)C(=O)NC[C@@]1(O)C2CC[C@H]1C[C@H](S(=O)(=O)c1cc(C(=O)Nc3cc(F)c(F)c(F)c3)ccc1Cl)C2. The average Bonchev–Trinajstić information content (AvgIpc) is 3.09. The van der Waals surface area contributed by atoms with Crippen LogP contribution in [0.25, 0.3) is 0 Å². The van der Waals surface area contributed by atoms with E-state index in [9.17, 15) is 41.1 Å². The molecule has 42 heavy (non-hydrogen) atoms. The number of fused-ring (bicyclic) bond motifs is 2. The molecule has 2 aromatic rings. The number of ether oxygens (including phenoxy) is 1. The first-order chi connectivity index (χ1) is 19.7. The Morgan fingerprint density at radius 3 is 2.26 bits per heavy atom. The zero-order valence-electron chi connectivity index (χ0n) is 22.5. The number of nitrogens with one attached hydrogen (secondary N) is 3. The molecule has 2 saturated carbocycles. The topological polar surface area (TPSA) is 151 Å². The van der Waals surface area contributed by atoms with Gasteiger partial charge in [-0.05, 0) is 62.6 Å². The third kappa shape index (κ3) is 6.20. The molecular formula is C27H29ClF3N3O7S. The number of methoxy groups -OCH3 is 1. The van der Waals surface area contributed by atoms with Crippen molar-refractivity contribution in [3.05, 3.63) is 58.4 Å². The third-order valence-corrected chi connectivity index (χ3v) is 10.7. The van der Waals surface area contributed by atoms with Gasteiger partial charge in [-0.15, -0.1) is 0 Å². The quantitative estimate of drug-likeness (QED) is 0.325. The highest BCUT2D eigenvalue weighted by molar-refractivity contribution is 7.92. The lowest BCUT2D eigenvalue weighted by Crippen LogP contribution is -2.56. The van der Waals surface area contributed by atoms with Crippen LogP contribution >= 0.6 is 11.6 Å². The zero-order chi connectivity index (χ0) is 31.0. The van der Waals surface area contributed by atoms with Crippen LogP contribution in [-0.4, -0.2) is 62.0 Å². The van der Waals surface area contributed by atoms with Crippen molar-refractivity contribution in [2.45, 2.75) is 54.4 Å². The maximum absolute atomic E-state index is 13.7. The predicted molar refractivity (Wildman–Crippen MR) is 145 cm³/mol. The van der Waals surface area contributed by atoms with Crippen LogP contribution in [-0.2, 0) is 19.4 Å². The Morgan fingerprint density at radius 1 is 1.10 bits per heavy atom. The number of rotatable bonds is 8. The summed E-state index contributed by atoms with van der Waals surface area (Å²) in [4.78, 5) is 36.2. The van der Waals surface area contributed by atoms with Crippen LogP contribution < -0.4 is 16.0 Å². The van der Waals surface area contributed by atoms with Gasteiger partial charge in [-0.25, -0.2) is 26.4 Å². The number of carbonyl (C=O) groups is 3. The molecule has 4 N–H and O–H groups in total. The molecule has 4 rings (SSSR count). The van der Waals surface area contributed by atoms with E-state index in [1.165, 1.54) is 19.1 Å². The molecule has 2 aliphatic rings. The second-order valence-corrected chi connectivity index (χ2v) is 13.1. The van der Waals surface area contributed by atoms with Crippen molar-refractivity contribution < 1.29 is 45.8 Å². The minimum Gasteiger partial charge on any atom is -0.453 e. The van der Waals surface area contributed by atoms with Crippen LogP contribution in [0.1, 0.15) is 43.0 Å². The van der Waals surface area contributed by atoms with Gasteiger partial charge in [-0.1, -0.05) is 11.6 Å². The van der Waals surface area contributed by atoms with E-state index in [0.717, 1.165) is 13.2 Å². The van der Waals surface area contributed by atoms with Gasteiger partial charge in [0.1, 0.15) is 6.04 Å². The predicted octanol–water partition coefficient (Wildman–Crippen LogP) is 3.56. The molecule has 2 aliphatic carbocycles. The summed E-state index contributed by atoms with van der Waals surface area (Å²) in [6, 6.07) is 3.74. The van der Waals surface area contributed by atoms with Gasteiger partial charge in [0, 0.05) is 29.9 Å². The van der Waals surface area contributed by atoms with Crippen LogP contribution in [0.4, 0.5) is 23.7 Å². The van der Waals surface area contributed by atoms with Crippen molar-refractivity contribution in [3.8, 4) is 0 Å². The number of halogens is 4. The van der Waals surface area contributed by atoms with Gasteiger partial charge in [-0.3, -0.25) is 9.59 Å². The Labute approximate surface area is 244 Å². The molecule has 5 atom stereocenters. The molecule has 3 amide bonds. The fourth-order valence-electron chi connectivity index (χ4n) is 5.71. The molecule has 2 aromatic carbocycles. The normalized spacial score (nSPS) is 24.0. The molecule has 2 bridgehead atoms. The fourth-order valence-corrected chi connectivity index (χ4v) is 8.11. The van der Waals surface area contributed by atoms with Crippen LogP contribution in [0.5, 0.6) is 0 Å². The number of hydrogen-bond donors (Lipinski definition) is 4. The number of anilines is 1. The van der Waals surface area contributed by atoms with Crippen molar-refractivity contribution in [2.75, 3.05) is 19.0 Å². The van der Waals surface area contributed by atoms with Crippen molar-refractivity contribution >= 4 is 45.0 Å². The van der Waals surface area contributed by atoms with Crippen LogP contribution in [0.2, 0.25) is 5.02 Å². The van der Waals surface area contributed by atoms with Gasteiger partial charge in [0.2, 0.25) is 5.91 Å². The standard InChI is InChI=1S/C27H29ClF3N3O7S/c1-13(33-26(37)41-2)24(35)32-12-27(38)15-4-5-16(27)9-18(8-15)42(39,40)22-7-14(3-6-19(22)28)25(36)34-17-10-20(29)23(31)21(30)11-17/h3,6-7,10-11,13,15-16,18,38H,4-5,8-9,12H2,1-2H3,(H,32,35)(H,33,37)(H,34,36)/t13-,15-,16?,18-,27-/m0/s1. The van der Waals surface area contributed by atoms with E-state index in [1.54, 1.807) is 0 Å².